The number of hydrogen-bond acceptors (Lipinski definition) is 5. The van der Waals surface area contributed by atoms with Crippen LogP contribution in [0.4, 0.5) is 5.82 Å². The van der Waals surface area contributed by atoms with Gasteiger partial charge in [0.2, 0.25) is 5.91 Å². The molecule has 1 aromatic heterocycles. The molecule has 34 heavy (non-hydrogen) atoms. The molecule has 172 valence electrons. The molecule has 5 rings (SSSR count). The number of piperazine rings is 1. The van der Waals surface area contributed by atoms with E-state index in [1.165, 1.54) is 10.8 Å². The molecule has 0 saturated carbocycles. The number of anilines is 1. The summed E-state index contributed by atoms with van der Waals surface area (Å²) in [5.41, 5.74) is 2.92. The Kier molecular flexibility index (Phi) is 6.38. The van der Waals surface area contributed by atoms with Crippen molar-refractivity contribution in [3.63, 3.8) is 0 Å². The van der Waals surface area contributed by atoms with Gasteiger partial charge >= 0.3 is 0 Å². The molecule has 0 unspecified atom stereocenters. The second-order valence-corrected chi connectivity index (χ2v) is 8.46. The molecule has 0 N–H and O–H groups in total. The first kappa shape index (κ1) is 21.9. The molecule has 6 heteroatoms. The summed E-state index contributed by atoms with van der Waals surface area (Å²) in [7, 11) is 0. The van der Waals surface area contributed by atoms with Gasteiger partial charge in [0.25, 0.3) is 0 Å². The van der Waals surface area contributed by atoms with E-state index in [-0.39, 0.29) is 5.91 Å². The maximum atomic E-state index is 12.8. The zero-order chi connectivity index (χ0) is 23.3. The quantitative estimate of drug-likeness (QED) is 0.428. The van der Waals surface area contributed by atoms with Crippen molar-refractivity contribution in [3.8, 4) is 17.0 Å². The molecule has 0 radical (unpaired) electrons. The molecule has 1 saturated heterocycles. The third-order valence-corrected chi connectivity index (χ3v) is 6.24. The molecule has 1 aliphatic heterocycles. The van der Waals surface area contributed by atoms with Crippen LogP contribution in [-0.2, 0) is 11.2 Å². The number of fused-ring (bicyclic) bond motifs is 1. The number of ether oxygens (including phenoxy) is 1. The minimum atomic E-state index is 0.154. The Balaban J connectivity index is 1.17. The predicted octanol–water partition coefficient (Wildman–Crippen LogP) is 4.59. The van der Waals surface area contributed by atoms with Crippen LogP contribution in [0.2, 0.25) is 0 Å². The first-order valence-corrected chi connectivity index (χ1v) is 11.8. The molecule has 0 aliphatic carbocycles. The number of benzene rings is 3. The zero-order valence-electron chi connectivity index (χ0n) is 19.4. The molecule has 0 bridgehead atoms. The fourth-order valence-electron chi connectivity index (χ4n) is 4.34. The van der Waals surface area contributed by atoms with Gasteiger partial charge in [-0.05, 0) is 53.6 Å². The number of amides is 1. The highest BCUT2D eigenvalue weighted by molar-refractivity contribution is 5.86. The summed E-state index contributed by atoms with van der Waals surface area (Å²) in [6.07, 6.45) is 0.409. The van der Waals surface area contributed by atoms with E-state index in [2.05, 4.69) is 45.4 Å². The van der Waals surface area contributed by atoms with Crippen molar-refractivity contribution >= 4 is 22.5 Å². The SMILES string of the molecule is CCOc1ccc(CC(=O)N2CCN(c3ccc(-c4ccc5ccccc5c4)nn3)CC2)cc1. The van der Waals surface area contributed by atoms with Crippen LogP contribution in [-0.4, -0.2) is 53.8 Å². The largest absolute Gasteiger partial charge is 0.494 e. The number of rotatable bonds is 6. The van der Waals surface area contributed by atoms with E-state index in [1.54, 1.807) is 0 Å². The van der Waals surface area contributed by atoms with E-state index in [1.807, 2.05) is 60.4 Å². The molecule has 0 atom stereocenters. The summed E-state index contributed by atoms with van der Waals surface area (Å²) in [5.74, 6) is 1.84. The van der Waals surface area contributed by atoms with E-state index >= 15 is 0 Å². The van der Waals surface area contributed by atoms with Crippen molar-refractivity contribution in [2.75, 3.05) is 37.7 Å². The molecule has 2 heterocycles. The number of hydrogen-bond donors (Lipinski definition) is 0. The minimum absolute atomic E-state index is 0.154. The van der Waals surface area contributed by atoms with E-state index in [4.69, 9.17) is 4.74 Å². The van der Waals surface area contributed by atoms with Crippen molar-refractivity contribution < 1.29 is 9.53 Å². The van der Waals surface area contributed by atoms with Gasteiger partial charge in [-0.1, -0.05) is 48.5 Å². The maximum absolute atomic E-state index is 12.8. The van der Waals surface area contributed by atoms with Gasteiger partial charge in [0.15, 0.2) is 5.82 Å². The summed E-state index contributed by atoms with van der Waals surface area (Å²) in [6.45, 7) is 5.47. The second-order valence-electron chi connectivity index (χ2n) is 8.46. The van der Waals surface area contributed by atoms with Gasteiger partial charge in [0.1, 0.15) is 5.75 Å². The maximum Gasteiger partial charge on any atom is 0.227 e. The molecule has 3 aromatic carbocycles. The fraction of sp³-hybridized carbons (Fsp3) is 0.250. The van der Waals surface area contributed by atoms with Crippen molar-refractivity contribution in [1.29, 1.82) is 0 Å². The normalized spacial score (nSPS) is 13.8. The number of carbonyl (C=O) groups is 1. The highest BCUT2D eigenvalue weighted by Crippen LogP contribution is 2.24. The summed E-state index contributed by atoms with van der Waals surface area (Å²) in [5, 5.41) is 11.4. The first-order chi connectivity index (χ1) is 16.7. The van der Waals surface area contributed by atoms with Gasteiger partial charge < -0.3 is 14.5 Å². The number of aromatic nitrogens is 2. The van der Waals surface area contributed by atoms with Crippen molar-refractivity contribution in [2.45, 2.75) is 13.3 Å². The van der Waals surface area contributed by atoms with Crippen molar-refractivity contribution in [2.24, 2.45) is 0 Å². The monoisotopic (exact) mass is 452 g/mol. The lowest BCUT2D eigenvalue weighted by atomic mass is 10.1. The van der Waals surface area contributed by atoms with Crippen LogP contribution in [0.25, 0.3) is 22.0 Å². The Labute approximate surface area is 199 Å². The fourth-order valence-corrected chi connectivity index (χ4v) is 4.34. The topological polar surface area (TPSA) is 58.6 Å². The third kappa shape index (κ3) is 4.86. The molecule has 4 aromatic rings. The molecular formula is C28H28N4O2. The van der Waals surface area contributed by atoms with Crippen LogP contribution in [0.1, 0.15) is 12.5 Å². The van der Waals surface area contributed by atoms with Gasteiger partial charge in [-0.15, -0.1) is 10.2 Å². The Hall–Kier alpha value is -3.93. The number of nitrogens with zero attached hydrogens (tertiary/aromatic N) is 4. The van der Waals surface area contributed by atoms with Crippen LogP contribution in [0.3, 0.4) is 0 Å². The minimum Gasteiger partial charge on any atom is -0.494 e. The Bertz CT molecular complexity index is 1260. The standard InChI is InChI=1S/C28H28N4O2/c1-2-34-25-11-7-21(8-12-25)19-28(33)32-17-15-31(16-18-32)27-14-13-26(29-30-27)24-10-9-22-5-3-4-6-23(22)20-24/h3-14,20H,2,15-19H2,1H3. The molecule has 1 aliphatic rings. The lowest BCUT2D eigenvalue weighted by molar-refractivity contribution is -0.130. The van der Waals surface area contributed by atoms with Crippen LogP contribution >= 0.6 is 0 Å². The van der Waals surface area contributed by atoms with Crippen LogP contribution < -0.4 is 9.64 Å². The van der Waals surface area contributed by atoms with Gasteiger partial charge in [-0.25, -0.2) is 0 Å². The molecule has 6 nitrogen and oxygen atoms in total. The summed E-state index contributed by atoms with van der Waals surface area (Å²) in [6, 6.07) is 26.5. The smallest absolute Gasteiger partial charge is 0.227 e. The second kappa shape index (κ2) is 9.91. The van der Waals surface area contributed by atoms with E-state index < -0.39 is 0 Å². The molecule has 1 fully saturated rings. The lowest BCUT2D eigenvalue weighted by Crippen LogP contribution is -2.49. The van der Waals surface area contributed by atoms with Gasteiger partial charge in [-0.2, -0.15) is 0 Å². The number of carbonyl (C=O) groups excluding carboxylic acids is 1. The Morgan fingerprint density at radius 1 is 0.853 bits per heavy atom. The predicted molar refractivity (Wildman–Crippen MR) is 135 cm³/mol. The first-order valence-electron chi connectivity index (χ1n) is 11.8. The van der Waals surface area contributed by atoms with Gasteiger partial charge in [-0.3, -0.25) is 4.79 Å². The average Bonchev–Trinajstić information content (AvgIpc) is 2.90. The summed E-state index contributed by atoms with van der Waals surface area (Å²) < 4.78 is 5.47. The Morgan fingerprint density at radius 3 is 2.32 bits per heavy atom. The van der Waals surface area contributed by atoms with Crippen molar-refractivity contribution in [1.82, 2.24) is 15.1 Å². The molecule has 0 spiro atoms. The molecular weight excluding hydrogens is 424 g/mol. The molecule has 1 amide bonds. The van der Waals surface area contributed by atoms with E-state index in [9.17, 15) is 4.79 Å². The highest BCUT2D eigenvalue weighted by Gasteiger charge is 2.22. The van der Waals surface area contributed by atoms with Crippen LogP contribution in [0, 0.1) is 0 Å². The Morgan fingerprint density at radius 2 is 1.62 bits per heavy atom. The van der Waals surface area contributed by atoms with E-state index in [0.717, 1.165) is 41.5 Å². The lowest BCUT2D eigenvalue weighted by Gasteiger charge is -2.35. The van der Waals surface area contributed by atoms with E-state index in [0.29, 0.717) is 26.1 Å². The average molecular weight is 453 g/mol. The van der Waals surface area contributed by atoms with Crippen LogP contribution in [0.5, 0.6) is 5.75 Å². The van der Waals surface area contributed by atoms with Crippen molar-refractivity contribution in [3.05, 3.63) is 84.4 Å². The van der Waals surface area contributed by atoms with Gasteiger partial charge in [0, 0.05) is 31.7 Å². The summed E-state index contributed by atoms with van der Waals surface area (Å²) >= 11 is 0. The summed E-state index contributed by atoms with van der Waals surface area (Å²) in [4.78, 5) is 16.9. The third-order valence-electron chi connectivity index (χ3n) is 6.24. The zero-order valence-corrected chi connectivity index (χ0v) is 19.4. The van der Waals surface area contributed by atoms with Gasteiger partial charge in [0.05, 0.1) is 18.7 Å². The highest BCUT2D eigenvalue weighted by atomic mass is 16.5. The van der Waals surface area contributed by atoms with Crippen LogP contribution in [0.15, 0.2) is 78.9 Å².